The second-order valence-corrected chi connectivity index (χ2v) is 6.58. The summed E-state index contributed by atoms with van der Waals surface area (Å²) in [6, 6.07) is -0.463. The van der Waals surface area contributed by atoms with Crippen molar-refractivity contribution < 1.29 is 14.4 Å². The number of amides is 4. The molecular weight excluding hydrogens is 270 g/mol. The highest BCUT2D eigenvalue weighted by Gasteiger charge is 2.52. The average Bonchev–Trinajstić information content (AvgIpc) is 2.64. The number of urea groups is 1. The predicted molar refractivity (Wildman–Crippen MR) is 78.5 cm³/mol. The molecule has 0 radical (unpaired) electrons. The molecule has 1 heterocycles. The van der Waals surface area contributed by atoms with Gasteiger partial charge < -0.3 is 10.6 Å². The molecule has 1 saturated heterocycles. The summed E-state index contributed by atoms with van der Waals surface area (Å²) in [7, 11) is 0. The van der Waals surface area contributed by atoms with Gasteiger partial charge in [0.25, 0.3) is 5.91 Å². The van der Waals surface area contributed by atoms with Gasteiger partial charge in [-0.2, -0.15) is 0 Å². The van der Waals surface area contributed by atoms with Crippen LogP contribution in [-0.2, 0) is 9.59 Å². The summed E-state index contributed by atoms with van der Waals surface area (Å²) in [6.07, 6.45) is 5.28. The molecule has 1 saturated carbocycles. The van der Waals surface area contributed by atoms with Crippen LogP contribution in [0, 0.1) is 5.92 Å². The summed E-state index contributed by atoms with van der Waals surface area (Å²) < 4.78 is 0. The fourth-order valence-electron chi connectivity index (χ4n) is 3.33. The number of rotatable bonds is 4. The van der Waals surface area contributed by atoms with Gasteiger partial charge in [0.05, 0.1) is 0 Å². The number of carbonyl (C=O) groups excluding carboxylic acids is 3. The topological polar surface area (TPSA) is 78.5 Å². The van der Waals surface area contributed by atoms with Crippen molar-refractivity contribution >= 4 is 17.8 Å². The zero-order valence-corrected chi connectivity index (χ0v) is 13.1. The van der Waals surface area contributed by atoms with Crippen molar-refractivity contribution in [3.8, 4) is 0 Å². The lowest BCUT2D eigenvalue weighted by Crippen LogP contribution is -2.51. The highest BCUT2D eigenvalue weighted by Crippen LogP contribution is 2.36. The van der Waals surface area contributed by atoms with Gasteiger partial charge in [-0.1, -0.05) is 19.3 Å². The van der Waals surface area contributed by atoms with Crippen LogP contribution in [0.15, 0.2) is 0 Å². The van der Waals surface area contributed by atoms with Crippen LogP contribution < -0.4 is 10.6 Å². The monoisotopic (exact) mass is 295 g/mol. The maximum Gasteiger partial charge on any atom is 0.325 e. The Hall–Kier alpha value is -1.59. The minimum atomic E-state index is -0.852. The zero-order valence-electron chi connectivity index (χ0n) is 13.1. The molecule has 0 aromatic heterocycles. The third kappa shape index (κ3) is 3.19. The fraction of sp³-hybridized carbons (Fsp3) is 0.800. The molecule has 0 aromatic carbocycles. The van der Waals surface area contributed by atoms with E-state index in [0.717, 1.165) is 30.6 Å². The first-order chi connectivity index (χ1) is 9.84. The lowest BCUT2D eigenvalue weighted by molar-refractivity contribution is -0.136. The molecule has 1 aliphatic heterocycles. The average molecular weight is 295 g/mol. The number of carbonyl (C=O) groups is 3. The number of hydrogen-bond acceptors (Lipinski definition) is 3. The van der Waals surface area contributed by atoms with Crippen molar-refractivity contribution in [1.29, 1.82) is 0 Å². The van der Waals surface area contributed by atoms with Crippen molar-refractivity contribution in [2.24, 2.45) is 5.92 Å². The van der Waals surface area contributed by atoms with Crippen LogP contribution in [0.25, 0.3) is 0 Å². The standard InChI is InChI=1S/C15H25N3O3/c1-10(2)16-12(19)9-18-13(20)15(3,17-14(18)21)11-7-5-4-6-8-11/h10-11H,4-9H2,1-3H3,(H,16,19)(H,17,21)/t15-/m1/s1. The highest BCUT2D eigenvalue weighted by molar-refractivity contribution is 6.09. The minimum Gasteiger partial charge on any atom is -0.352 e. The van der Waals surface area contributed by atoms with Crippen LogP contribution in [-0.4, -0.2) is 40.9 Å². The molecule has 6 nitrogen and oxygen atoms in total. The van der Waals surface area contributed by atoms with Gasteiger partial charge in [-0.05, 0) is 39.5 Å². The Morgan fingerprint density at radius 3 is 2.52 bits per heavy atom. The van der Waals surface area contributed by atoms with Crippen molar-refractivity contribution in [2.75, 3.05) is 6.54 Å². The maximum atomic E-state index is 12.6. The van der Waals surface area contributed by atoms with Gasteiger partial charge in [0, 0.05) is 6.04 Å². The van der Waals surface area contributed by atoms with E-state index in [4.69, 9.17) is 0 Å². The molecule has 2 N–H and O–H groups in total. The first-order valence-corrected chi connectivity index (χ1v) is 7.78. The van der Waals surface area contributed by atoms with Crippen molar-refractivity contribution in [2.45, 2.75) is 64.5 Å². The Kier molecular flexibility index (Phi) is 4.54. The second kappa shape index (κ2) is 6.03. The molecule has 0 aromatic rings. The van der Waals surface area contributed by atoms with E-state index in [1.54, 1.807) is 6.92 Å². The minimum absolute atomic E-state index is 0.0111. The Balaban J connectivity index is 2.06. The van der Waals surface area contributed by atoms with Gasteiger partial charge in [-0.3, -0.25) is 14.5 Å². The summed E-state index contributed by atoms with van der Waals surface area (Å²) in [5.74, 6) is -0.402. The van der Waals surface area contributed by atoms with Gasteiger partial charge in [0.1, 0.15) is 12.1 Å². The first kappa shape index (κ1) is 15.8. The van der Waals surface area contributed by atoms with Crippen LogP contribution in [0.4, 0.5) is 4.79 Å². The van der Waals surface area contributed by atoms with Crippen LogP contribution in [0.1, 0.15) is 52.9 Å². The van der Waals surface area contributed by atoms with Gasteiger partial charge in [-0.25, -0.2) is 4.79 Å². The lowest BCUT2D eigenvalue weighted by atomic mass is 9.75. The van der Waals surface area contributed by atoms with Crippen LogP contribution in [0.3, 0.4) is 0 Å². The molecule has 118 valence electrons. The quantitative estimate of drug-likeness (QED) is 0.770. The summed E-state index contributed by atoms with van der Waals surface area (Å²) >= 11 is 0. The van der Waals surface area contributed by atoms with E-state index in [-0.39, 0.29) is 30.3 Å². The number of hydrogen-bond donors (Lipinski definition) is 2. The van der Waals surface area contributed by atoms with Crippen LogP contribution in [0.2, 0.25) is 0 Å². The Labute approximate surface area is 125 Å². The van der Waals surface area contributed by atoms with E-state index in [1.807, 2.05) is 13.8 Å². The van der Waals surface area contributed by atoms with E-state index in [0.29, 0.717) is 0 Å². The molecule has 6 heteroatoms. The number of imide groups is 1. The molecule has 2 rings (SSSR count). The second-order valence-electron chi connectivity index (χ2n) is 6.58. The van der Waals surface area contributed by atoms with Crippen molar-refractivity contribution in [1.82, 2.24) is 15.5 Å². The molecule has 1 aliphatic carbocycles. The third-order valence-electron chi connectivity index (χ3n) is 4.47. The van der Waals surface area contributed by atoms with E-state index < -0.39 is 11.6 Å². The van der Waals surface area contributed by atoms with E-state index in [9.17, 15) is 14.4 Å². The van der Waals surface area contributed by atoms with Gasteiger partial charge in [-0.15, -0.1) is 0 Å². The van der Waals surface area contributed by atoms with Crippen molar-refractivity contribution in [3.63, 3.8) is 0 Å². The summed E-state index contributed by atoms with van der Waals surface area (Å²) in [4.78, 5) is 37.5. The van der Waals surface area contributed by atoms with Gasteiger partial charge in [0.15, 0.2) is 0 Å². The van der Waals surface area contributed by atoms with Crippen LogP contribution >= 0.6 is 0 Å². The molecule has 1 atom stereocenters. The first-order valence-electron chi connectivity index (χ1n) is 7.78. The van der Waals surface area contributed by atoms with Crippen LogP contribution in [0.5, 0.6) is 0 Å². The predicted octanol–water partition coefficient (Wildman–Crippen LogP) is 1.40. The molecule has 0 unspecified atom stereocenters. The van der Waals surface area contributed by atoms with E-state index in [2.05, 4.69) is 10.6 Å². The normalized spacial score (nSPS) is 27.1. The summed E-state index contributed by atoms with van der Waals surface area (Å²) in [6.45, 7) is 5.28. The fourth-order valence-corrected chi connectivity index (χ4v) is 3.33. The Morgan fingerprint density at radius 1 is 1.33 bits per heavy atom. The van der Waals surface area contributed by atoms with Gasteiger partial charge in [0.2, 0.25) is 5.91 Å². The number of nitrogens with one attached hydrogen (secondary N) is 2. The summed E-state index contributed by atoms with van der Waals surface area (Å²) in [5.41, 5.74) is -0.852. The van der Waals surface area contributed by atoms with E-state index in [1.165, 1.54) is 6.42 Å². The zero-order chi connectivity index (χ0) is 15.6. The van der Waals surface area contributed by atoms with E-state index >= 15 is 0 Å². The highest BCUT2D eigenvalue weighted by atomic mass is 16.2. The number of nitrogens with zero attached hydrogens (tertiary/aromatic N) is 1. The molecule has 0 bridgehead atoms. The SMILES string of the molecule is CC(C)NC(=O)CN1C(=O)N[C@](C)(C2CCCCC2)C1=O. The lowest BCUT2D eigenvalue weighted by Gasteiger charge is -2.34. The van der Waals surface area contributed by atoms with Crippen molar-refractivity contribution in [3.05, 3.63) is 0 Å². The third-order valence-corrected chi connectivity index (χ3v) is 4.47. The maximum absolute atomic E-state index is 12.6. The Bertz CT molecular complexity index is 443. The molecule has 2 fully saturated rings. The molecule has 4 amide bonds. The molecule has 0 spiro atoms. The Morgan fingerprint density at radius 2 is 1.95 bits per heavy atom. The summed E-state index contributed by atoms with van der Waals surface area (Å²) in [5, 5.41) is 5.52. The smallest absolute Gasteiger partial charge is 0.325 e. The molecule has 2 aliphatic rings. The molecule has 21 heavy (non-hydrogen) atoms. The van der Waals surface area contributed by atoms with Gasteiger partial charge >= 0.3 is 6.03 Å². The largest absolute Gasteiger partial charge is 0.352 e. The molecular formula is C15H25N3O3.